The maximum Gasteiger partial charge on any atom is 0.412 e. The number of anilines is 1. The van der Waals surface area contributed by atoms with E-state index in [-0.39, 0.29) is 5.54 Å². The van der Waals surface area contributed by atoms with Gasteiger partial charge in [0.05, 0.1) is 5.69 Å². The molecule has 1 aliphatic carbocycles. The molecule has 4 nitrogen and oxygen atoms in total. The lowest BCUT2D eigenvalue weighted by molar-refractivity contribution is 0.0635. The summed E-state index contributed by atoms with van der Waals surface area (Å²) in [6.07, 6.45) is 2.43. The van der Waals surface area contributed by atoms with Gasteiger partial charge in [-0.1, -0.05) is 17.7 Å². The lowest BCUT2D eigenvalue weighted by Gasteiger charge is -2.39. The number of nitrogens with two attached hydrogens (primary N) is 1. The predicted molar refractivity (Wildman–Crippen MR) is 81.0 cm³/mol. The Kier molecular flexibility index (Phi) is 3.98. The van der Waals surface area contributed by atoms with Crippen molar-refractivity contribution in [2.45, 2.75) is 51.2 Å². The Balaban J connectivity index is 2.22. The second-order valence-electron chi connectivity index (χ2n) is 6.33. The number of halogens is 1. The molecule has 0 aliphatic heterocycles. The number of carbonyl (C=O) groups is 1. The van der Waals surface area contributed by atoms with Gasteiger partial charge < -0.3 is 10.5 Å². The van der Waals surface area contributed by atoms with Gasteiger partial charge >= 0.3 is 6.09 Å². The monoisotopic (exact) mass is 296 g/mol. The summed E-state index contributed by atoms with van der Waals surface area (Å²) in [5, 5.41) is 3.31. The second kappa shape index (κ2) is 5.26. The Labute approximate surface area is 124 Å². The molecule has 1 aromatic rings. The molecule has 2 rings (SSSR count). The van der Waals surface area contributed by atoms with Crippen LogP contribution < -0.4 is 11.1 Å². The number of amides is 1. The third-order valence-electron chi connectivity index (χ3n) is 3.40. The highest BCUT2D eigenvalue weighted by atomic mass is 35.5. The molecule has 3 N–H and O–H groups in total. The van der Waals surface area contributed by atoms with Crippen molar-refractivity contribution in [3.8, 4) is 0 Å². The summed E-state index contributed by atoms with van der Waals surface area (Å²) in [4.78, 5) is 11.9. The summed E-state index contributed by atoms with van der Waals surface area (Å²) in [6.45, 7) is 5.46. The molecule has 0 bridgehead atoms. The van der Waals surface area contributed by atoms with Crippen LogP contribution in [-0.4, -0.2) is 11.7 Å². The molecule has 1 aromatic carbocycles. The van der Waals surface area contributed by atoms with Crippen molar-refractivity contribution in [3.63, 3.8) is 0 Å². The Morgan fingerprint density at radius 3 is 2.55 bits per heavy atom. The number of benzene rings is 1. The van der Waals surface area contributed by atoms with Crippen LogP contribution in [0.25, 0.3) is 0 Å². The summed E-state index contributed by atoms with van der Waals surface area (Å²) in [5.74, 6) is 0. The molecule has 0 heterocycles. The molecule has 0 radical (unpaired) electrons. The van der Waals surface area contributed by atoms with E-state index in [1.807, 2.05) is 26.8 Å². The summed E-state index contributed by atoms with van der Waals surface area (Å²) in [6, 6.07) is 5.39. The first-order chi connectivity index (χ1) is 9.20. The van der Waals surface area contributed by atoms with E-state index in [0.717, 1.165) is 24.8 Å². The minimum atomic E-state index is -0.542. The lowest BCUT2D eigenvalue weighted by atomic mass is 9.72. The van der Waals surface area contributed by atoms with Crippen LogP contribution in [0.4, 0.5) is 10.5 Å². The quantitative estimate of drug-likeness (QED) is 0.866. The first-order valence-electron chi connectivity index (χ1n) is 6.79. The van der Waals surface area contributed by atoms with Crippen LogP contribution in [0.15, 0.2) is 18.2 Å². The molecule has 1 aliphatic rings. The molecule has 0 saturated heterocycles. The summed E-state index contributed by atoms with van der Waals surface area (Å²) < 4.78 is 5.27. The fourth-order valence-electron chi connectivity index (χ4n) is 2.29. The van der Waals surface area contributed by atoms with E-state index in [4.69, 9.17) is 22.1 Å². The molecule has 110 valence electrons. The van der Waals surface area contributed by atoms with E-state index in [9.17, 15) is 4.79 Å². The van der Waals surface area contributed by atoms with Gasteiger partial charge in [-0.2, -0.15) is 0 Å². The molecule has 1 fully saturated rings. The van der Waals surface area contributed by atoms with Gasteiger partial charge in [0.25, 0.3) is 0 Å². The third kappa shape index (κ3) is 3.44. The van der Waals surface area contributed by atoms with E-state index in [1.54, 1.807) is 12.1 Å². The highest BCUT2D eigenvalue weighted by Crippen LogP contribution is 2.42. The molecular formula is C15H21ClN2O2. The number of rotatable bonds is 2. The van der Waals surface area contributed by atoms with Gasteiger partial charge in [-0.05, 0) is 57.7 Å². The minimum Gasteiger partial charge on any atom is -0.444 e. The number of ether oxygens (including phenoxy) is 1. The number of carbonyl (C=O) groups excluding carboxylic acids is 1. The average Bonchev–Trinajstić information content (AvgIpc) is 2.23. The van der Waals surface area contributed by atoms with Crippen molar-refractivity contribution in [1.82, 2.24) is 0 Å². The zero-order valence-corrected chi connectivity index (χ0v) is 12.9. The largest absolute Gasteiger partial charge is 0.444 e. The van der Waals surface area contributed by atoms with E-state index in [2.05, 4.69) is 5.32 Å². The van der Waals surface area contributed by atoms with Crippen molar-refractivity contribution >= 4 is 23.4 Å². The van der Waals surface area contributed by atoms with Crippen LogP contribution in [-0.2, 0) is 10.3 Å². The van der Waals surface area contributed by atoms with Gasteiger partial charge in [-0.15, -0.1) is 0 Å². The Morgan fingerprint density at radius 1 is 1.40 bits per heavy atom. The molecule has 0 unspecified atom stereocenters. The maximum atomic E-state index is 11.9. The third-order valence-corrected chi connectivity index (χ3v) is 3.63. The molecule has 20 heavy (non-hydrogen) atoms. The first-order valence-corrected chi connectivity index (χ1v) is 7.16. The Bertz CT molecular complexity index is 519. The van der Waals surface area contributed by atoms with Gasteiger partial charge in [0.2, 0.25) is 0 Å². The zero-order valence-electron chi connectivity index (χ0n) is 12.1. The molecule has 1 saturated carbocycles. The number of hydrogen-bond acceptors (Lipinski definition) is 3. The highest BCUT2D eigenvalue weighted by Gasteiger charge is 2.36. The molecule has 0 spiro atoms. The van der Waals surface area contributed by atoms with Gasteiger partial charge in [-0.3, -0.25) is 5.32 Å². The van der Waals surface area contributed by atoms with Crippen LogP contribution in [0.1, 0.15) is 45.6 Å². The topological polar surface area (TPSA) is 64.3 Å². The Hall–Kier alpha value is -1.26. The van der Waals surface area contributed by atoms with Crippen LogP contribution in [0.3, 0.4) is 0 Å². The van der Waals surface area contributed by atoms with Gasteiger partial charge in [0.1, 0.15) is 5.60 Å². The normalized spacial score (nSPS) is 17.2. The van der Waals surface area contributed by atoms with Crippen LogP contribution >= 0.6 is 11.6 Å². The summed E-state index contributed by atoms with van der Waals surface area (Å²) in [7, 11) is 0. The standard InChI is InChI=1S/C15H21ClN2O2/c1-14(2,3)20-13(19)18-12-9-10(16)5-6-11(12)15(17)7-4-8-15/h5-6,9H,4,7-8,17H2,1-3H3,(H,18,19). The lowest BCUT2D eigenvalue weighted by Crippen LogP contribution is -2.44. The first kappa shape index (κ1) is 15.1. The van der Waals surface area contributed by atoms with Crippen LogP contribution in [0.5, 0.6) is 0 Å². The van der Waals surface area contributed by atoms with Crippen molar-refractivity contribution in [2.75, 3.05) is 5.32 Å². The maximum absolute atomic E-state index is 11.9. The fraction of sp³-hybridized carbons (Fsp3) is 0.533. The fourth-order valence-corrected chi connectivity index (χ4v) is 2.47. The van der Waals surface area contributed by atoms with Crippen molar-refractivity contribution in [1.29, 1.82) is 0 Å². The zero-order chi connectivity index (χ0) is 15.0. The Morgan fingerprint density at radius 2 is 2.05 bits per heavy atom. The van der Waals surface area contributed by atoms with Crippen LogP contribution in [0, 0.1) is 0 Å². The summed E-state index contributed by atoms with van der Waals surface area (Å²) >= 11 is 6.01. The van der Waals surface area contributed by atoms with Crippen molar-refractivity contribution in [2.24, 2.45) is 5.73 Å². The van der Waals surface area contributed by atoms with E-state index in [1.165, 1.54) is 0 Å². The van der Waals surface area contributed by atoms with Gasteiger partial charge in [0.15, 0.2) is 0 Å². The smallest absolute Gasteiger partial charge is 0.412 e. The highest BCUT2D eigenvalue weighted by molar-refractivity contribution is 6.31. The molecule has 5 heteroatoms. The minimum absolute atomic E-state index is 0.366. The van der Waals surface area contributed by atoms with E-state index < -0.39 is 11.7 Å². The molecular weight excluding hydrogens is 276 g/mol. The number of hydrogen-bond donors (Lipinski definition) is 2. The summed E-state index contributed by atoms with van der Waals surface area (Å²) in [5.41, 5.74) is 6.98. The SMILES string of the molecule is CC(C)(C)OC(=O)Nc1cc(Cl)ccc1C1(N)CCC1. The predicted octanol–water partition coefficient (Wildman–Crippen LogP) is 4.02. The second-order valence-corrected chi connectivity index (χ2v) is 6.76. The van der Waals surface area contributed by atoms with Crippen molar-refractivity contribution in [3.05, 3.63) is 28.8 Å². The molecule has 0 atom stereocenters. The van der Waals surface area contributed by atoms with Crippen LogP contribution in [0.2, 0.25) is 5.02 Å². The van der Waals surface area contributed by atoms with Gasteiger partial charge in [0, 0.05) is 10.6 Å². The molecule has 1 amide bonds. The molecule has 0 aromatic heterocycles. The van der Waals surface area contributed by atoms with E-state index >= 15 is 0 Å². The van der Waals surface area contributed by atoms with Crippen molar-refractivity contribution < 1.29 is 9.53 Å². The van der Waals surface area contributed by atoms with E-state index in [0.29, 0.717) is 10.7 Å². The average molecular weight is 297 g/mol. The number of nitrogens with one attached hydrogen (secondary N) is 1. The van der Waals surface area contributed by atoms with Gasteiger partial charge in [-0.25, -0.2) is 4.79 Å².